The number of aliphatic carboxylic acids is 3. The first-order valence-corrected chi connectivity index (χ1v) is 13.1. The molecule has 1 aromatic carbocycles. The number of carboxylic acids is 3. The maximum Gasteiger partial charge on any atom is 0.326 e. The normalized spacial score (nSPS) is 12.5. The molecule has 0 saturated heterocycles. The molecule has 8 N–H and O–H groups in total. The topological polar surface area (TPSA) is 223 Å². The zero-order chi connectivity index (χ0) is 25.1. The van der Waals surface area contributed by atoms with Crippen molar-refractivity contribution < 1.29 is 47.5 Å². The Balaban J connectivity index is 2.59. The smallest absolute Gasteiger partial charge is 0.326 e. The summed E-state index contributed by atoms with van der Waals surface area (Å²) in [5.41, 5.74) is 0.149. The van der Waals surface area contributed by atoms with Crippen LogP contribution in [-0.4, -0.2) is 92.3 Å². The van der Waals surface area contributed by atoms with Crippen molar-refractivity contribution in [2.75, 3.05) is 16.8 Å². The molecule has 2 atom stereocenters. The summed E-state index contributed by atoms with van der Waals surface area (Å²) in [5.74, 6) is -5.23. The van der Waals surface area contributed by atoms with Crippen LogP contribution in [0.3, 0.4) is 0 Å². The first-order chi connectivity index (χ1) is 15.4. The zero-order valence-corrected chi connectivity index (χ0v) is 20.2. The minimum atomic E-state index is -3.17. The van der Waals surface area contributed by atoms with Gasteiger partial charge in [0.1, 0.15) is 6.04 Å². The Hall–Kier alpha value is -2.51. The second-order valence-electron chi connectivity index (χ2n) is 6.35. The minimum Gasteiger partial charge on any atom is -0.480 e. The van der Waals surface area contributed by atoms with Crippen LogP contribution < -0.4 is 20.3 Å². The van der Waals surface area contributed by atoms with Crippen LogP contribution >= 0.6 is 23.4 Å². The van der Waals surface area contributed by atoms with E-state index in [9.17, 15) is 37.3 Å². The third kappa shape index (κ3) is 10.8. The number of nitrogens with one attached hydrogen (secondary N) is 3. The van der Waals surface area contributed by atoms with E-state index in [1.54, 1.807) is 0 Å². The molecule has 1 rings (SSSR count). The fourth-order valence-electron chi connectivity index (χ4n) is 2.25. The molecule has 2 unspecified atom stereocenters. The number of benzene rings is 1. The first-order valence-electron chi connectivity index (χ1n) is 9.00. The van der Waals surface area contributed by atoms with Gasteiger partial charge in [0, 0.05) is 6.42 Å². The van der Waals surface area contributed by atoms with E-state index in [1.807, 2.05) is 5.32 Å². The Bertz CT molecular complexity index is 904. The van der Waals surface area contributed by atoms with Gasteiger partial charge in [0.05, 0.1) is 0 Å². The van der Waals surface area contributed by atoms with Gasteiger partial charge < -0.3 is 10.2 Å². The van der Waals surface area contributed by atoms with Crippen molar-refractivity contribution >= 4 is 78.6 Å². The molecule has 0 fully saturated rings. The van der Waals surface area contributed by atoms with Gasteiger partial charge in [0.15, 0.2) is 0 Å². The van der Waals surface area contributed by atoms with Crippen LogP contribution in [0.2, 0.25) is 5.02 Å². The molecule has 0 spiro atoms. The molecule has 0 heterocycles. The van der Waals surface area contributed by atoms with Crippen molar-refractivity contribution in [3.63, 3.8) is 0 Å². The van der Waals surface area contributed by atoms with E-state index in [2.05, 4.69) is 10.6 Å². The number of hydrogen-bond acceptors (Lipinski definition) is 8. The van der Waals surface area contributed by atoms with Gasteiger partial charge in [-0.1, -0.05) is 0 Å². The number of carboxylic acid groups (broad SMARTS) is 3. The maximum absolute atomic E-state index is 12.1. The van der Waals surface area contributed by atoms with E-state index in [1.165, 1.54) is 18.2 Å². The summed E-state index contributed by atoms with van der Waals surface area (Å²) in [7, 11) is 0. The molecule has 13 nitrogen and oxygen atoms in total. The summed E-state index contributed by atoms with van der Waals surface area (Å²) in [5, 5.41) is 33.6. The van der Waals surface area contributed by atoms with Crippen molar-refractivity contribution in [2.24, 2.45) is 0 Å². The number of urea groups is 1. The molecule has 16 heteroatoms. The predicted molar refractivity (Wildman–Crippen MR) is 119 cm³/mol. The summed E-state index contributed by atoms with van der Waals surface area (Å²) in [6, 6.07) is -0.00899. The van der Waals surface area contributed by atoms with Gasteiger partial charge >= 0.3 is 163 Å². The molecular formula is C17H21AsClN3O10S. The predicted octanol–water partition coefficient (Wildman–Crippen LogP) is -1.24. The molecule has 1 aromatic rings. The van der Waals surface area contributed by atoms with Gasteiger partial charge in [0.2, 0.25) is 0 Å². The Morgan fingerprint density at radius 2 is 1.61 bits per heavy atom. The number of thioether (sulfide) groups is 1. The van der Waals surface area contributed by atoms with Gasteiger partial charge in [-0.05, 0) is 6.42 Å². The number of hydrogen-bond donors (Lipinski definition) is 8. The Labute approximate surface area is 201 Å². The molecule has 0 saturated carbocycles. The standard InChI is InChI=1S/C17H21AsClN3O10S/c19-9-2-1-8(18(31)32)5-11(9)20-13(23)7-33-6-12(16(28)29)22-17(30)21-10(15(26)27)3-4-14(24)25/h1-2,5,10,12,31-32H,3-4,6-7H2,(H,20,23)(H,24,25)(H,26,27)(H,28,29)(H2,21,22,30). The number of anilines is 1. The van der Waals surface area contributed by atoms with Crippen LogP contribution in [0, 0.1) is 0 Å². The van der Waals surface area contributed by atoms with Crippen molar-refractivity contribution in [1.82, 2.24) is 10.6 Å². The minimum absolute atomic E-state index is 0.149. The van der Waals surface area contributed by atoms with Crippen LogP contribution in [0.25, 0.3) is 0 Å². The monoisotopic (exact) mass is 569 g/mol. The molecule has 0 aromatic heterocycles. The quantitative estimate of drug-likeness (QED) is 0.131. The SMILES string of the molecule is O=C(O)CCC(NC(=O)NC(CSCC(=O)Nc1cc([As](O)O)ccc1Cl)C(=O)O)C(=O)O. The molecular weight excluding hydrogens is 549 g/mol. The summed E-state index contributed by atoms with van der Waals surface area (Å²) in [6.45, 7) is 0. The Morgan fingerprint density at radius 3 is 2.15 bits per heavy atom. The largest absolute Gasteiger partial charge is 0.480 e. The molecule has 0 aliphatic heterocycles. The number of carbonyl (C=O) groups excluding carboxylic acids is 2. The van der Waals surface area contributed by atoms with Crippen molar-refractivity contribution in [3.8, 4) is 0 Å². The number of rotatable bonds is 13. The van der Waals surface area contributed by atoms with Gasteiger partial charge in [-0.3, -0.25) is 4.79 Å². The fourth-order valence-corrected chi connectivity index (χ4v) is 4.20. The summed E-state index contributed by atoms with van der Waals surface area (Å²) < 4.78 is 18.9. The fraction of sp³-hybridized carbons (Fsp3) is 0.353. The summed E-state index contributed by atoms with van der Waals surface area (Å²) >= 11 is 3.64. The van der Waals surface area contributed by atoms with Crippen LogP contribution in [-0.2, 0) is 19.2 Å². The molecule has 0 bridgehead atoms. The van der Waals surface area contributed by atoms with Crippen molar-refractivity contribution in [3.05, 3.63) is 23.2 Å². The van der Waals surface area contributed by atoms with Crippen molar-refractivity contribution in [2.45, 2.75) is 24.9 Å². The zero-order valence-electron chi connectivity index (χ0n) is 16.7. The third-order valence-electron chi connectivity index (χ3n) is 3.83. The first kappa shape index (κ1) is 28.5. The Morgan fingerprint density at radius 1 is 1.00 bits per heavy atom. The van der Waals surface area contributed by atoms with E-state index in [0.717, 1.165) is 11.8 Å². The van der Waals surface area contributed by atoms with E-state index in [0.29, 0.717) is 0 Å². The van der Waals surface area contributed by atoms with Crippen LogP contribution in [0.15, 0.2) is 18.2 Å². The second-order valence-corrected chi connectivity index (χ2v) is 10.1. The molecule has 3 amide bonds. The molecule has 33 heavy (non-hydrogen) atoms. The molecule has 0 aliphatic carbocycles. The Kier molecular flexibility index (Phi) is 12.0. The maximum atomic E-state index is 12.1. The van der Waals surface area contributed by atoms with E-state index < -0.39 is 70.1 Å². The van der Waals surface area contributed by atoms with Crippen LogP contribution in [0.1, 0.15) is 12.8 Å². The number of halogens is 1. The van der Waals surface area contributed by atoms with Crippen LogP contribution in [0.4, 0.5) is 10.5 Å². The van der Waals surface area contributed by atoms with E-state index in [-0.39, 0.29) is 26.6 Å². The molecule has 0 radical (unpaired) electrons. The average Bonchev–Trinajstić information content (AvgIpc) is 2.71. The second kappa shape index (κ2) is 13.9. The molecule has 182 valence electrons. The van der Waals surface area contributed by atoms with E-state index >= 15 is 0 Å². The van der Waals surface area contributed by atoms with Crippen molar-refractivity contribution in [1.29, 1.82) is 0 Å². The summed E-state index contributed by atoms with van der Waals surface area (Å²) in [6.07, 6.45) is -0.915. The van der Waals surface area contributed by atoms with Gasteiger partial charge in [0.25, 0.3) is 0 Å². The molecule has 0 aliphatic rings. The number of amides is 3. The average molecular weight is 570 g/mol. The van der Waals surface area contributed by atoms with Gasteiger partial charge in [-0.2, -0.15) is 0 Å². The van der Waals surface area contributed by atoms with Crippen LogP contribution in [0.5, 0.6) is 0 Å². The van der Waals surface area contributed by atoms with Gasteiger partial charge in [-0.15, -0.1) is 0 Å². The van der Waals surface area contributed by atoms with Gasteiger partial charge in [-0.25, -0.2) is 4.79 Å². The third-order valence-corrected chi connectivity index (χ3v) is 6.74. The summed E-state index contributed by atoms with van der Waals surface area (Å²) in [4.78, 5) is 57.1. The van der Waals surface area contributed by atoms with E-state index in [4.69, 9.17) is 21.8 Å². The number of carbonyl (C=O) groups is 5.